The normalized spacial score (nSPS) is 11.7. The zero-order valence-corrected chi connectivity index (χ0v) is 21.6. The molecule has 188 valence electrons. The molecule has 5 nitrogen and oxygen atoms in total. The van der Waals surface area contributed by atoms with Gasteiger partial charge in [0.15, 0.2) is 9.84 Å². The van der Waals surface area contributed by atoms with Crippen LogP contribution in [0, 0.1) is 12.7 Å². The van der Waals surface area contributed by atoms with Gasteiger partial charge in [0.1, 0.15) is 11.6 Å². The van der Waals surface area contributed by atoms with Crippen LogP contribution in [0.5, 0.6) is 5.75 Å². The Kier molecular flexibility index (Phi) is 9.69. The van der Waals surface area contributed by atoms with Gasteiger partial charge in [-0.25, -0.2) is 12.8 Å². The van der Waals surface area contributed by atoms with Crippen molar-refractivity contribution in [2.24, 2.45) is 0 Å². The van der Waals surface area contributed by atoms with Gasteiger partial charge in [-0.05, 0) is 42.5 Å². The molecule has 0 unspecified atom stereocenters. The number of halogens is 2. The van der Waals surface area contributed by atoms with Gasteiger partial charge in [-0.1, -0.05) is 60.1 Å². The fourth-order valence-corrected chi connectivity index (χ4v) is 5.03. The number of rotatable bonds is 12. The van der Waals surface area contributed by atoms with Gasteiger partial charge in [0, 0.05) is 42.5 Å². The fraction of sp³-hybridized carbons (Fsp3) is 0.333. The van der Waals surface area contributed by atoms with Crippen molar-refractivity contribution in [3.63, 3.8) is 0 Å². The lowest BCUT2D eigenvalue weighted by Crippen LogP contribution is -2.28. The molecule has 3 rings (SSSR count). The predicted octanol–water partition coefficient (Wildman–Crippen LogP) is 5.20. The largest absolute Gasteiger partial charge is 0.493 e. The molecule has 3 aromatic carbocycles. The summed E-state index contributed by atoms with van der Waals surface area (Å²) in [5, 5.41) is 10.1. The van der Waals surface area contributed by atoms with Gasteiger partial charge in [-0.15, -0.1) is 0 Å². The summed E-state index contributed by atoms with van der Waals surface area (Å²) in [6, 6.07) is 18.6. The number of aryl methyl sites for hydroxylation is 1. The first-order valence-electron chi connectivity index (χ1n) is 11.5. The van der Waals surface area contributed by atoms with Gasteiger partial charge in [0.2, 0.25) is 0 Å². The van der Waals surface area contributed by atoms with Gasteiger partial charge >= 0.3 is 0 Å². The van der Waals surface area contributed by atoms with Crippen molar-refractivity contribution in [1.29, 1.82) is 0 Å². The standard InChI is InChI=1S/C27H31ClFNO4S/c1-20-8-6-11-22(27(20)28)18-30(14-12-21-9-4-3-5-10-21)13-7-15-34-23-16-25(29)24(19-31)26(17-23)35(2,32)33/h3-6,8-11,16-17,31H,7,12-15,18-19H2,1-2H3. The molecule has 0 heterocycles. The summed E-state index contributed by atoms with van der Waals surface area (Å²) >= 11 is 6.53. The molecule has 0 fully saturated rings. The average Bonchev–Trinajstić information content (AvgIpc) is 2.82. The minimum absolute atomic E-state index is 0.123. The molecule has 0 aliphatic heterocycles. The lowest BCUT2D eigenvalue weighted by molar-refractivity contribution is 0.228. The highest BCUT2D eigenvalue weighted by Gasteiger charge is 2.19. The smallest absolute Gasteiger partial charge is 0.176 e. The Morgan fingerprint density at radius 2 is 1.80 bits per heavy atom. The van der Waals surface area contributed by atoms with Crippen LogP contribution in [-0.4, -0.2) is 44.4 Å². The molecule has 0 aliphatic carbocycles. The molecule has 0 radical (unpaired) electrons. The molecule has 0 saturated heterocycles. The van der Waals surface area contributed by atoms with Crippen LogP contribution in [0.15, 0.2) is 65.6 Å². The van der Waals surface area contributed by atoms with E-state index < -0.39 is 22.3 Å². The maximum Gasteiger partial charge on any atom is 0.176 e. The van der Waals surface area contributed by atoms with Crippen LogP contribution in [0.3, 0.4) is 0 Å². The first-order chi connectivity index (χ1) is 16.7. The SMILES string of the molecule is Cc1cccc(CN(CCCOc2cc(F)c(CO)c(S(C)(=O)=O)c2)CCc2ccccc2)c1Cl. The molecule has 0 spiro atoms. The monoisotopic (exact) mass is 519 g/mol. The number of hydrogen-bond donors (Lipinski definition) is 1. The third kappa shape index (κ3) is 7.77. The van der Waals surface area contributed by atoms with Crippen LogP contribution in [0.1, 0.15) is 28.7 Å². The Balaban J connectivity index is 1.66. The molecule has 3 aromatic rings. The zero-order chi connectivity index (χ0) is 25.4. The highest BCUT2D eigenvalue weighted by atomic mass is 35.5. The maximum atomic E-state index is 14.3. The Morgan fingerprint density at radius 3 is 2.49 bits per heavy atom. The van der Waals surface area contributed by atoms with Crippen LogP contribution in [0.2, 0.25) is 5.02 Å². The summed E-state index contributed by atoms with van der Waals surface area (Å²) < 4.78 is 44.0. The summed E-state index contributed by atoms with van der Waals surface area (Å²) in [6.07, 6.45) is 2.51. The second-order valence-corrected chi connectivity index (χ2v) is 10.9. The topological polar surface area (TPSA) is 66.8 Å². The lowest BCUT2D eigenvalue weighted by Gasteiger charge is -2.23. The second kappa shape index (κ2) is 12.5. The highest BCUT2D eigenvalue weighted by Crippen LogP contribution is 2.26. The molecule has 0 amide bonds. The Labute approximate surface area is 212 Å². The first kappa shape index (κ1) is 27.1. The van der Waals surface area contributed by atoms with E-state index in [1.807, 2.05) is 43.3 Å². The summed E-state index contributed by atoms with van der Waals surface area (Å²) in [5.74, 6) is -0.679. The summed E-state index contributed by atoms with van der Waals surface area (Å²) in [6.45, 7) is 3.79. The van der Waals surface area contributed by atoms with E-state index in [1.54, 1.807) is 0 Å². The van der Waals surface area contributed by atoms with E-state index in [1.165, 1.54) is 11.6 Å². The van der Waals surface area contributed by atoms with Crippen LogP contribution in [0.25, 0.3) is 0 Å². The van der Waals surface area contributed by atoms with E-state index in [0.29, 0.717) is 19.5 Å². The van der Waals surface area contributed by atoms with E-state index in [2.05, 4.69) is 17.0 Å². The number of sulfone groups is 1. The quantitative estimate of drug-likeness (QED) is 0.333. The summed E-state index contributed by atoms with van der Waals surface area (Å²) in [4.78, 5) is 2.04. The van der Waals surface area contributed by atoms with Crippen LogP contribution >= 0.6 is 11.6 Å². The van der Waals surface area contributed by atoms with Crippen molar-refractivity contribution < 1.29 is 22.7 Å². The lowest BCUT2D eigenvalue weighted by atomic mass is 10.1. The minimum Gasteiger partial charge on any atom is -0.493 e. The average molecular weight is 520 g/mol. The van der Waals surface area contributed by atoms with E-state index >= 15 is 0 Å². The van der Waals surface area contributed by atoms with Crippen LogP contribution in [-0.2, 0) is 29.4 Å². The molecular formula is C27H31ClFNO4S. The van der Waals surface area contributed by atoms with Gasteiger partial charge in [-0.2, -0.15) is 0 Å². The third-order valence-electron chi connectivity index (χ3n) is 5.80. The number of hydrogen-bond acceptors (Lipinski definition) is 5. The van der Waals surface area contributed by atoms with Gasteiger partial charge in [-0.3, -0.25) is 4.90 Å². The van der Waals surface area contributed by atoms with Crippen molar-refractivity contribution in [2.45, 2.75) is 37.8 Å². The van der Waals surface area contributed by atoms with Gasteiger partial charge in [0.25, 0.3) is 0 Å². The number of aliphatic hydroxyl groups excluding tert-OH is 1. The molecule has 8 heteroatoms. The summed E-state index contributed by atoms with van der Waals surface area (Å²) in [7, 11) is -3.71. The number of nitrogens with zero attached hydrogens (tertiary/aromatic N) is 1. The van der Waals surface area contributed by atoms with Gasteiger partial charge in [0.05, 0.1) is 18.1 Å². The third-order valence-corrected chi connectivity index (χ3v) is 7.50. The Morgan fingerprint density at radius 1 is 1.06 bits per heavy atom. The molecule has 0 atom stereocenters. The molecule has 35 heavy (non-hydrogen) atoms. The number of benzene rings is 3. The van der Waals surface area contributed by atoms with Gasteiger partial charge < -0.3 is 9.84 Å². The molecule has 0 bridgehead atoms. The molecule has 1 N–H and O–H groups in total. The Hall–Kier alpha value is -2.45. The molecule has 0 saturated carbocycles. The van der Waals surface area contributed by atoms with Crippen molar-refractivity contribution in [2.75, 3.05) is 26.0 Å². The summed E-state index contributed by atoms with van der Waals surface area (Å²) in [5.41, 5.74) is 3.09. The van der Waals surface area contributed by atoms with E-state index in [-0.39, 0.29) is 22.8 Å². The Bertz CT molecular complexity index is 1240. The first-order valence-corrected chi connectivity index (χ1v) is 13.7. The predicted molar refractivity (Wildman–Crippen MR) is 137 cm³/mol. The number of aliphatic hydroxyl groups is 1. The van der Waals surface area contributed by atoms with E-state index in [9.17, 15) is 17.9 Å². The minimum atomic E-state index is -3.71. The van der Waals surface area contributed by atoms with Crippen molar-refractivity contribution in [1.82, 2.24) is 4.90 Å². The van der Waals surface area contributed by atoms with Crippen molar-refractivity contribution >= 4 is 21.4 Å². The molecule has 0 aliphatic rings. The fourth-order valence-electron chi connectivity index (χ4n) is 3.91. The maximum absolute atomic E-state index is 14.3. The zero-order valence-electron chi connectivity index (χ0n) is 20.0. The van der Waals surface area contributed by atoms with Crippen molar-refractivity contribution in [3.8, 4) is 5.75 Å². The van der Waals surface area contributed by atoms with E-state index in [4.69, 9.17) is 16.3 Å². The number of ether oxygens (including phenoxy) is 1. The van der Waals surface area contributed by atoms with Crippen LogP contribution < -0.4 is 4.74 Å². The van der Waals surface area contributed by atoms with E-state index in [0.717, 1.165) is 41.4 Å². The molecular weight excluding hydrogens is 489 g/mol. The van der Waals surface area contributed by atoms with Crippen LogP contribution in [0.4, 0.5) is 4.39 Å². The second-order valence-electron chi connectivity index (χ2n) is 8.57. The molecule has 0 aromatic heterocycles. The van der Waals surface area contributed by atoms with Crippen molar-refractivity contribution in [3.05, 3.63) is 93.8 Å². The highest BCUT2D eigenvalue weighted by molar-refractivity contribution is 7.90.